The Morgan fingerprint density at radius 3 is 2.61 bits per heavy atom. The normalized spacial score (nSPS) is 16.2. The fraction of sp³-hybridized carbons (Fsp3) is 0.296. The molecule has 6 nitrogen and oxygen atoms in total. The van der Waals surface area contributed by atoms with Gasteiger partial charge in [-0.2, -0.15) is 0 Å². The Kier molecular flexibility index (Phi) is 6.17. The summed E-state index contributed by atoms with van der Waals surface area (Å²) in [5.41, 5.74) is 7.60. The first-order valence-corrected chi connectivity index (χ1v) is 11.5. The van der Waals surface area contributed by atoms with E-state index in [0.717, 1.165) is 67.4 Å². The van der Waals surface area contributed by atoms with Gasteiger partial charge in [0.2, 0.25) is 0 Å². The van der Waals surface area contributed by atoms with Crippen molar-refractivity contribution >= 4 is 17.0 Å². The molecule has 1 aliphatic heterocycles. The number of hydrogen-bond donors (Lipinski definition) is 1. The highest BCUT2D eigenvalue weighted by atomic mass is 16.5. The van der Waals surface area contributed by atoms with E-state index in [9.17, 15) is 0 Å². The van der Waals surface area contributed by atoms with Crippen molar-refractivity contribution in [2.75, 3.05) is 31.2 Å². The van der Waals surface area contributed by atoms with Gasteiger partial charge in [0.25, 0.3) is 0 Å². The Hall–Kier alpha value is -3.51. The maximum atomic E-state index is 5.49. The first kappa shape index (κ1) is 21.3. The van der Waals surface area contributed by atoms with Gasteiger partial charge in [-0.15, -0.1) is 0 Å². The molecule has 1 fully saturated rings. The first-order valence-electron chi connectivity index (χ1n) is 11.5. The van der Waals surface area contributed by atoms with Crippen LogP contribution in [0.15, 0.2) is 67.6 Å². The summed E-state index contributed by atoms with van der Waals surface area (Å²) in [6.07, 6.45) is 9.72. The summed E-state index contributed by atoms with van der Waals surface area (Å²) in [4.78, 5) is 16.3. The van der Waals surface area contributed by atoms with Crippen LogP contribution in [0, 0.1) is 0 Å². The van der Waals surface area contributed by atoms with Crippen LogP contribution in [0.4, 0.5) is 5.69 Å². The van der Waals surface area contributed by atoms with Gasteiger partial charge < -0.3 is 15.0 Å². The monoisotopic (exact) mass is 439 g/mol. The molecule has 0 spiro atoms. The van der Waals surface area contributed by atoms with Crippen LogP contribution >= 0.6 is 0 Å². The highest BCUT2D eigenvalue weighted by Crippen LogP contribution is 2.33. The summed E-state index contributed by atoms with van der Waals surface area (Å²) in [6.45, 7) is 9.62. The van der Waals surface area contributed by atoms with Crippen molar-refractivity contribution in [3.05, 3.63) is 95.9 Å². The molecule has 3 aromatic rings. The van der Waals surface area contributed by atoms with Gasteiger partial charge in [-0.05, 0) is 30.5 Å². The molecule has 6 heteroatoms. The largest absolute Gasteiger partial charge is 0.380 e. The third-order valence-electron chi connectivity index (χ3n) is 6.16. The maximum absolute atomic E-state index is 5.49. The number of morpholine rings is 1. The minimum atomic E-state index is 0.234. The Labute approximate surface area is 195 Å². The van der Waals surface area contributed by atoms with Gasteiger partial charge in [0.05, 0.1) is 36.5 Å². The highest BCUT2D eigenvalue weighted by molar-refractivity contribution is 5.84. The van der Waals surface area contributed by atoms with E-state index in [0.29, 0.717) is 5.82 Å². The standard InChI is InChI=1S/C27H29N5O/c1-19(14-21-6-4-3-5-7-21)31-20(2)27-29-16-22(17-30-27)24-8-9-26-25(24)15-23(18-28-26)32-10-12-33-13-11-32/h3-8,15-19,31H,2,9-14H2,1H3/t19-/m0/s1. The summed E-state index contributed by atoms with van der Waals surface area (Å²) in [5.74, 6) is 0.623. The molecule has 2 aliphatic rings. The van der Waals surface area contributed by atoms with E-state index < -0.39 is 0 Å². The fourth-order valence-electron chi connectivity index (χ4n) is 4.46. The minimum absolute atomic E-state index is 0.234. The quantitative estimate of drug-likeness (QED) is 0.603. The average molecular weight is 440 g/mol. The molecule has 1 aliphatic carbocycles. The molecule has 0 unspecified atom stereocenters. The van der Waals surface area contributed by atoms with Gasteiger partial charge in [-0.25, -0.2) is 9.97 Å². The molecule has 2 aromatic heterocycles. The van der Waals surface area contributed by atoms with Crippen LogP contribution in [0.2, 0.25) is 0 Å². The second-order valence-electron chi connectivity index (χ2n) is 8.62. The number of rotatable bonds is 7. The lowest BCUT2D eigenvalue weighted by atomic mass is 10.0. The van der Waals surface area contributed by atoms with Gasteiger partial charge in [0, 0.05) is 49.1 Å². The van der Waals surface area contributed by atoms with E-state index in [1.807, 2.05) is 24.7 Å². The van der Waals surface area contributed by atoms with Crippen LogP contribution in [0.1, 0.15) is 35.1 Å². The number of anilines is 1. The van der Waals surface area contributed by atoms with Crippen molar-refractivity contribution in [1.82, 2.24) is 20.3 Å². The van der Waals surface area contributed by atoms with E-state index in [2.05, 4.69) is 70.1 Å². The van der Waals surface area contributed by atoms with E-state index in [1.54, 1.807) is 0 Å². The lowest BCUT2D eigenvalue weighted by molar-refractivity contribution is 0.122. The Balaban J connectivity index is 1.27. The smallest absolute Gasteiger partial charge is 0.174 e. The van der Waals surface area contributed by atoms with Crippen LogP contribution in [-0.2, 0) is 17.6 Å². The number of nitrogens with one attached hydrogen (secondary N) is 1. The molecule has 1 N–H and O–H groups in total. The average Bonchev–Trinajstić information content (AvgIpc) is 3.28. The Morgan fingerprint density at radius 2 is 1.85 bits per heavy atom. The van der Waals surface area contributed by atoms with Gasteiger partial charge in [-0.3, -0.25) is 4.98 Å². The predicted octanol–water partition coefficient (Wildman–Crippen LogP) is 3.89. The van der Waals surface area contributed by atoms with Crippen molar-refractivity contribution in [1.29, 1.82) is 0 Å². The number of hydrogen-bond acceptors (Lipinski definition) is 6. The minimum Gasteiger partial charge on any atom is -0.380 e. The molecule has 5 rings (SSSR count). The summed E-state index contributed by atoms with van der Waals surface area (Å²) in [6, 6.07) is 12.9. The van der Waals surface area contributed by atoms with Gasteiger partial charge in [0.1, 0.15) is 0 Å². The molecular weight excluding hydrogens is 410 g/mol. The SMILES string of the molecule is C=C(N[C@@H](C)Cc1ccccc1)c1ncc(C2=CCc3ncc(N4CCOCC4)cc32)cn1. The molecule has 0 saturated carbocycles. The van der Waals surface area contributed by atoms with Gasteiger partial charge >= 0.3 is 0 Å². The van der Waals surface area contributed by atoms with Gasteiger partial charge in [-0.1, -0.05) is 43.0 Å². The molecule has 1 aromatic carbocycles. The number of fused-ring (bicyclic) bond motifs is 1. The van der Waals surface area contributed by atoms with Crippen LogP contribution in [-0.4, -0.2) is 47.3 Å². The Bertz CT molecular complexity index is 1150. The highest BCUT2D eigenvalue weighted by Gasteiger charge is 2.21. The second-order valence-corrected chi connectivity index (χ2v) is 8.62. The second kappa shape index (κ2) is 9.55. The molecule has 33 heavy (non-hydrogen) atoms. The van der Waals surface area contributed by atoms with E-state index >= 15 is 0 Å². The molecular formula is C27H29N5O. The lowest BCUT2D eigenvalue weighted by Gasteiger charge is -2.29. The summed E-state index contributed by atoms with van der Waals surface area (Å²) in [5, 5.41) is 3.43. The van der Waals surface area contributed by atoms with E-state index in [4.69, 9.17) is 9.72 Å². The molecule has 1 saturated heterocycles. The summed E-state index contributed by atoms with van der Waals surface area (Å²) in [7, 11) is 0. The van der Waals surface area contributed by atoms with Crippen molar-refractivity contribution in [3.63, 3.8) is 0 Å². The number of aromatic nitrogens is 3. The zero-order valence-corrected chi connectivity index (χ0v) is 19.0. The Morgan fingerprint density at radius 1 is 1.09 bits per heavy atom. The zero-order valence-electron chi connectivity index (χ0n) is 19.0. The predicted molar refractivity (Wildman–Crippen MR) is 132 cm³/mol. The molecule has 3 heterocycles. The van der Waals surface area contributed by atoms with Crippen molar-refractivity contribution in [3.8, 4) is 0 Å². The van der Waals surface area contributed by atoms with Crippen molar-refractivity contribution in [2.24, 2.45) is 0 Å². The number of pyridine rings is 1. The molecule has 0 bridgehead atoms. The summed E-state index contributed by atoms with van der Waals surface area (Å²) >= 11 is 0. The molecule has 1 atom stereocenters. The number of benzene rings is 1. The first-order chi connectivity index (χ1) is 16.2. The third-order valence-corrected chi connectivity index (χ3v) is 6.16. The molecule has 0 radical (unpaired) electrons. The van der Waals surface area contributed by atoms with Crippen LogP contribution < -0.4 is 10.2 Å². The maximum Gasteiger partial charge on any atom is 0.174 e. The number of ether oxygens (including phenoxy) is 1. The van der Waals surface area contributed by atoms with Crippen LogP contribution in [0.5, 0.6) is 0 Å². The van der Waals surface area contributed by atoms with Crippen molar-refractivity contribution < 1.29 is 4.74 Å². The fourth-order valence-corrected chi connectivity index (χ4v) is 4.46. The number of allylic oxidation sites excluding steroid dienone is 1. The topological polar surface area (TPSA) is 63.2 Å². The summed E-state index contributed by atoms with van der Waals surface area (Å²) < 4.78 is 5.49. The lowest BCUT2D eigenvalue weighted by Crippen LogP contribution is -2.36. The molecule has 0 amide bonds. The van der Waals surface area contributed by atoms with E-state index in [-0.39, 0.29) is 6.04 Å². The third kappa shape index (κ3) is 4.81. The van der Waals surface area contributed by atoms with Crippen LogP contribution in [0.3, 0.4) is 0 Å². The van der Waals surface area contributed by atoms with Crippen molar-refractivity contribution in [2.45, 2.75) is 25.8 Å². The van der Waals surface area contributed by atoms with Crippen LogP contribution in [0.25, 0.3) is 11.3 Å². The number of nitrogens with zero attached hydrogens (tertiary/aromatic N) is 4. The molecule has 168 valence electrons. The van der Waals surface area contributed by atoms with E-state index in [1.165, 1.54) is 11.1 Å². The zero-order chi connectivity index (χ0) is 22.6. The van der Waals surface area contributed by atoms with Gasteiger partial charge in [0.15, 0.2) is 5.82 Å².